The largest absolute Gasteiger partial charge is 0.378 e. The molecule has 2 aliphatic heterocycles. The number of rotatable bonds is 4. The van der Waals surface area contributed by atoms with Gasteiger partial charge in [0.15, 0.2) is 0 Å². The first-order valence-corrected chi connectivity index (χ1v) is 6.23. The van der Waals surface area contributed by atoms with Crippen LogP contribution in [0.2, 0.25) is 0 Å². The highest BCUT2D eigenvalue weighted by Gasteiger charge is 2.41. The highest BCUT2D eigenvalue weighted by Crippen LogP contribution is 2.25. The van der Waals surface area contributed by atoms with Gasteiger partial charge in [0.2, 0.25) is 5.91 Å². The molecule has 2 aliphatic rings. The second-order valence-electron chi connectivity index (χ2n) is 5.31. The number of methoxy groups -OCH3 is 1. The number of hydrogen-bond acceptors (Lipinski definition) is 4. The average Bonchev–Trinajstić information content (AvgIpc) is 2.89. The maximum atomic E-state index is 12.2. The van der Waals surface area contributed by atoms with Crippen LogP contribution in [0.15, 0.2) is 0 Å². The van der Waals surface area contributed by atoms with E-state index in [1.165, 1.54) is 0 Å². The molecule has 5 heteroatoms. The zero-order valence-electron chi connectivity index (χ0n) is 10.9. The summed E-state index contributed by atoms with van der Waals surface area (Å²) in [7, 11) is 1.70. The first-order chi connectivity index (χ1) is 8.08. The molecule has 5 nitrogen and oxygen atoms in total. The van der Waals surface area contributed by atoms with Gasteiger partial charge >= 0.3 is 0 Å². The van der Waals surface area contributed by atoms with Crippen LogP contribution in [0.5, 0.6) is 0 Å². The maximum Gasteiger partial charge on any atom is 0.241 e. The van der Waals surface area contributed by atoms with Crippen molar-refractivity contribution in [2.24, 2.45) is 5.92 Å². The smallest absolute Gasteiger partial charge is 0.241 e. The minimum Gasteiger partial charge on any atom is -0.378 e. The third-order valence-electron chi connectivity index (χ3n) is 3.73. The van der Waals surface area contributed by atoms with Gasteiger partial charge in [-0.3, -0.25) is 10.1 Å². The Morgan fingerprint density at radius 3 is 2.88 bits per heavy atom. The molecule has 2 rings (SSSR count). The number of nitrogens with zero attached hydrogens (tertiary/aromatic N) is 1. The fourth-order valence-corrected chi connectivity index (χ4v) is 2.51. The van der Waals surface area contributed by atoms with Crippen molar-refractivity contribution in [1.82, 2.24) is 10.2 Å². The number of carbonyl (C=O) groups excluding carboxylic acids is 1. The van der Waals surface area contributed by atoms with Crippen molar-refractivity contribution in [1.29, 1.82) is 0 Å². The molecule has 1 amide bonds. The van der Waals surface area contributed by atoms with E-state index in [4.69, 9.17) is 9.47 Å². The fraction of sp³-hybridized carbons (Fsp3) is 0.917. The van der Waals surface area contributed by atoms with E-state index in [0.29, 0.717) is 25.7 Å². The first-order valence-electron chi connectivity index (χ1n) is 6.23. The lowest BCUT2D eigenvalue weighted by Gasteiger charge is -2.30. The summed E-state index contributed by atoms with van der Waals surface area (Å²) >= 11 is 0. The summed E-state index contributed by atoms with van der Waals surface area (Å²) in [6, 6.07) is -0.0498. The summed E-state index contributed by atoms with van der Waals surface area (Å²) in [5.41, 5.74) is -0.302. The molecule has 0 radical (unpaired) electrons. The molecule has 0 aromatic heterocycles. The SMILES string of the molecule is COC1(CN2CNC(C(C)C)C2=O)CCOC1. The lowest BCUT2D eigenvalue weighted by atomic mass is 10.0. The third kappa shape index (κ3) is 2.46. The Morgan fingerprint density at radius 1 is 1.65 bits per heavy atom. The molecule has 17 heavy (non-hydrogen) atoms. The molecule has 0 bridgehead atoms. The van der Waals surface area contributed by atoms with Gasteiger partial charge in [-0.2, -0.15) is 0 Å². The molecule has 0 aromatic rings. The Balaban J connectivity index is 1.98. The zero-order chi connectivity index (χ0) is 12.5. The van der Waals surface area contributed by atoms with Crippen molar-refractivity contribution in [3.05, 3.63) is 0 Å². The summed E-state index contributed by atoms with van der Waals surface area (Å²) < 4.78 is 10.9. The highest BCUT2D eigenvalue weighted by atomic mass is 16.5. The summed E-state index contributed by atoms with van der Waals surface area (Å²) in [4.78, 5) is 14.0. The molecule has 98 valence electrons. The van der Waals surface area contributed by atoms with E-state index in [2.05, 4.69) is 19.2 Å². The molecule has 2 saturated heterocycles. The fourth-order valence-electron chi connectivity index (χ4n) is 2.51. The summed E-state index contributed by atoms with van der Waals surface area (Å²) in [6.07, 6.45) is 0.861. The average molecular weight is 242 g/mol. The molecule has 2 heterocycles. The lowest BCUT2D eigenvalue weighted by Crippen LogP contribution is -2.46. The number of nitrogens with one attached hydrogen (secondary N) is 1. The number of amides is 1. The summed E-state index contributed by atoms with van der Waals surface area (Å²) in [5, 5.41) is 3.25. The van der Waals surface area contributed by atoms with Gasteiger partial charge in [0.05, 0.1) is 25.9 Å². The molecule has 0 saturated carbocycles. The van der Waals surface area contributed by atoms with Crippen LogP contribution in [0.1, 0.15) is 20.3 Å². The van der Waals surface area contributed by atoms with Crippen LogP contribution in [0.4, 0.5) is 0 Å². The molecule has 0 aliphatic carbocycles. The van der Waals surface area contributed by atoms with Gasteiger partial charge in [-0.25, -0.2) is 0 Å². The molecule has 1 N–H and O–H groups in total. The molecule has 2 atom stereocenters. The van der Waals surface area contributed by atoms with Crippen molar-refractivity contribution in [2.45, 2.75) is 31.9 Å². The van der Waals surface area contributed by atoms with Crippen molar-refractivity contribution < 1.29 is 14.3 Å². The molecule has 0 spiro atoms. The van der Waals surface area contributed by atoms with Crippen LogP contribution in [0.25, 0.3) is 0 Å². The lowest BCUT2D eigenvalue weighted by molar-refractivity contribution is -0.133. The van der Waals surface area contributed by atoms with E-state index in [-0.39, 0.29) is 17.6 Å². The third-order valence-corrected chi connectivity index (χ3v) is 3.73. The van der Waals surface area contributed by atoms with Gasteiger partial charge in [-0.1, -0.05) is 13.8 Å². The Morgan fingerprint density at radius 2 is 2.41 bits per heavy atom. The first kappa shape index (κ1) is 12.8. The van der Waals surface area contributed by atoms with Gasteiger partial charge in [0.1, 0.15) is 5.60 Å². The second-order valence-corrected chi connectivity index (χ2v) is 5.31. The van der Waals surface area contributed by atoms with Gasteiger partial charge in [0, 0.05) is 20.1 Å². The number of ether oxygens (including phenoxy) is 2. The minimum atomic E-state index is -0.302. The van der Waals surface area contributed by atoms with Crippen LogP contribution < -0.4 is 5.32 Å². The van der Waals surface area contributed by atoms with E-state index in [1.54, 1.807) is 7.11 Å². The van der Waals surface area contributed by atoms with E-state index >= 15 is 0 Å². The van der Waals surface area contributed by atoms with Gasteiger partial charge in [-0.05, 0) is 5.92 Å². The van der Waals surface area contributed by atoms with Crippen LogP contribution in [-0.4, -0.2) is 56.0 Å². The molecule has 0 aromatic carbocycles. The highest BCUT2D eigenvalue weighted by molar-refractivity contribution is 5.84. The van der Waals surface area contributed by atoms with Gasteiger partial charge in [0.25, 0.3) is 0 Å². The predicted molar refractivity (Wildman–Crippen MR) is 63.5 cm³/mol. The maximum absolute atomic E-state index is 12.2. The van der Waals surface area contributed by atoms with E-state index in [0.717, 1.165) is 13.0 Å². The number of hydrogen-bond donors (Lipinski definition) is 1. The Labute approximate surface area is 102 Å². The quantitative estimate of drug-likeness (QED) is 0.765. The molecule has 2 fully saturated rings. The molecule has 2 unspecified atom stereocenters. The molecular formula is C12H22N2O3. The van der Waals surface area contributed by atoms with Crippen LogP contribution in [-0.2, 0) is 14.3 Å². The van der Waals surface area contributed by atoms with Crippen molar-refractivity contribution >= 4 is 5.91 Å². The Hall–Kier alpha value is -0.650. The Bertz CT molecular complexity index is 287. The van der Waals surface area contributed by atoms with Gasteiger partial charge < -0.3 is 14.4 Å². The monoisotopic (exact) mass is 242 g/mol. The normalized spacial score (nSPS) is 34.0. The predicted octanol–water partition coefficient (Wildman–Crippen LogP) is 0.206. The molecular weight excluding hydrogens is 220 g/mol. The topological polar surface area (TPSA) is 50.8 Å². The second kappa shape index (κ2) is 4.92. The van der Waals surface area contributed by atoms with Crippen LogP contribution in [0, 0.1) is 5.92 Å². The van der Waals surface area contributed by atoms with E-state index in [9.17, 15) is 4.79 Å². The standard InChI is InChI=1S/C12H22N2O3/c1-9(2)10-11(15)14(8-13-10)6-12(16-3)4-5-17-7-12/h9-10,13H,4-8H2,1-3H3. The van der Waals surface area contributed by atoms with Crippen molar-refractivity contribution in [2.75, 3.05) is 33.5 Å². The van der Waals surface area contributed by atoms with Crippen molar-refractivity contribution in [3.63, 3.8) is 0 Å². The van der Waals surface area contributed by atoms with E-state index < -0.39 is 0 Å². The summed E-state index contributed by atoms with van der Waals surface area (Å²) in [6.45, 7) is 6.66. The van der Waals surface area contributed by atoms with Crippen molar-refractivity contribution in [3.8, 4) is 0 Å². The van der Waals surface area contributed by atoms with Crippen LogP contribution >= 0.6 is 0 Å². The van der Waals surface area contributed by atoms with E-state index in [1.807, 2.05) is 4.90 Å². The minimum absolute atomic E-state index is 0.0498. The van der Waals surface area contributed by atoms with Gasteiger partial charge in [-0.15, -0.1) is 0 Å². The number of carbonyl (C=O) groups is 1. The zero-order valence-corrected chi connectivity index (χ0v) is 10.9. The van der Waals surface area contributed by atoms with Crippen LogP contribution in [0.3, 0.4) is 0 Å². The summed E-state index contributed by atoms with van der Waals surface area (Å²) in [5.74, 6) is 0.508. The Kier molecular flexibility index (Phi) is 3.70.